The summed E-state index contributed by atoms with van der Waals surface area (Å²) in [6.45, 7) is 3.82. The summed E-state index contributed by atoms with van der Waals surface area (Å²) in [5.74, 6) is 0.690. The molecule has 0 aliphatic carbocycles. The van der Waals surface area contributed by atoms with Crippen molar-refractivity contribution in [3.63, 3.8) is 0 Å². The topological polar surface area (TPSA) is 85.8 Å². The number of hydrogen-bond acceptors (Lipinski definition) is 5. The van der Waals surface area contributed by atoms with Crippen LogP contribution in [-0.2, 0) is 6.42 Å². The van der Waals surface area contributed by atoms with Gasteiger partial charge in [-0.25, -0.2) is 4.68 Å². The summed E-state index contributed by atoms with van der Waals surface area (Å²) in [5, 5.41) is 11.2. The minimum atomic E-state index is -0.421. The molecule has 0 aliphatic rings. The van der Waals surface area contributed by atoms with E-state index >= 15 is 0 Å². The zero-order valence-electron chi connectivity index (χ0n) is 13.9. The first kappa shape index (κ1) is 17.2. The van der Waals surface area contributed by atoms with Crippen molar-refractivity contribution in [2.24, 2.45) is 0 Å². The van der Waals surface area contributed by atoms with Gasteiger partial charge >= 0.3 is 0 Å². The van der Waals surface area contributed by atoms with E-state index in [9.17, 15) is 4.79 Å². The quantitative estimate of drug-likeness (QED) is 0.729. The SMILES string of the molecule is CCCc1noc([C@H](C)NC(=O)c2cc(-n3cccn3)ccc2Cl)n1. The predicted molar refractivity (Wildman–Crippen MR) is 92.7 cm³/mol. The fourth-order valence-corrected chi connectivity index (χ4v) is 2.56. The Morgan fingerprint density at radius 2 is 2.28 bits per heavy atom. The molecule has 0 aliphatic heterocycles. The first-order valence-electron chi connectivity index (χ1n) is 8.01. The highest BCUT2D eigenvalue weighted by Gasteiger charge is 2.19. The number of benzene rings is 1. The molecule has 1 amide bonds. The second kappa shape index (κ2) is 7.48. The fraction of sp³-hybridized carbons (Fsp3) is 0.294. The van der Waals surface area contributed by atoms with Crippen LogP contribution in [0.2, 0.25) is 5.02 Å². The van der Waals surface area contributed by atoms with Gasteiger partial charge in [0.1, 0.15) is 6.04 Å². The lowest BCUT2D eigenvalue weighted by molar-refractivity contribution is 0.0932. The van der Waals surface area contributed by atoms with E-state index in [1.807, 2.05) is 6.92 Å². The number of halogens is 1. The molecule has 0 bridgehead atoms. The van der Waals surface area contributed by atoms with Crippen molar-refractivity contribution in [2.75, 3.05) is 0 Å². The van der Waals surface area contributed by atoms with E-state index in [-0.39, 0.29) is 5.91 Å². The Morgan fingerprint density at radius 3 is 3.00 bits per heavy atom. The maximum atomic E-state index is 12.6. The van der Waals surface area contributed by atoms with Crippen LogP contribution < -0.4 is 5.32 Å². The molecule has 130 valence electrons. The molecule has 1 aromatic carbocycles. The zero-order valence-corrected chi connectivity index (χ0v) is 14.7. The number of amides is 1. The first-order chi connectivity index (χ1) is 12.1. The summed E-state index contributed by atoms with van der Waals surface area (Å²) >= 11 is 6.19. The molecule has 2 heterocycles. The number of nitrogens with zero attached hydrogens (tertiary/aromatic N) is 4. The second-order valence-corrected chi connectivity index (χ2v) is 6.02. The summed E-state index contributed by atoms with van der Waals surface area (Å²) < 4.78 is 6.86. The maximum absolute atomic E-state index is 12.6. The Hall–Kier alpha value is -2.67. The highest BCUT2D eigenvalue weighted by atomic mass is 35.5. The number of aromatic nitrogens is 4. The molecule has 0 saturated heterocycles. The number of aryl methyl sites for hydroxylation is 1. The van der Waals surface area contributed by atoms with Crippen LogP contribution in [-0.4, -0.2) is 25.8 Å². The lowest BCUT2D eigenvalue weighted by Gasteiger charge is -2.12. The first-order valence-corrected chi connectivity index (χ1v) is 8.39. The average molecular weight is 360 g/mol. The molecule has 1 N–H and O–H groups in total. The minimum Gasteiger partial charge on any atom is -0.340 e. The van der Waals surface area contributed by atoms with E-state index in [0.717, 1.165) is 18.5 Å². The van der Waals surface area contributed by atoms with Crippen LogP contribution in [0.25, 0.3) is 5.69 Å². The summed E-state index contributed by atoms with van der Waals surface area (Å²) in [5.41, 5.74) is 1.10. The van der Waals surface area contributed by atoms with Gasteiger partial charge in [-0.1, -0.05) is 23.7 Å². The fourth-order valence-electron chi connectivity index (χ4n) is 2.36. The van der Waals surface area contributed by atoms with Gasteiger partial charge in [0.25, 0.3) is 5.91 Å². The molecule has 25 heavy (non-hydrogen) atoms. The highest BCUT2D eigenvalue weighted by Crippen LogP contribution is 2.21. The number of hydrogen-bond donors (Lipinski definition) is 1. The van der Waals surface area contributed by atoms with Crippen molar-refractivity contribution >= 4 is 17.5 Å². The lowest BCUT2D eigenvalue weighted by Crippen LogP contribution is -2.27. The van der Waals surface area contributed by atoms with Crippen molar-refractivity contribution in [3.05, 3.63) is 59.0 Å². The summed E-state index contributed by atoms with van der Waals surface area (Å²) in [7, 11) is 0. The monoisotopic (exact) mass is 359 g/mol. The van der Waals surface area contributed by atoms with Crippen LogP contribution in [0.4, 0.5) is 0 Å². The van der Waals surface area contributed by atoms with Gasteiger partial charge in [0.15, 0.2) is 5.82 Å². The van der Waals surface area contributed by atoms with Gasteiger partial charge < -0.3 is 9.84 Å². The summed E-state index contributed by atoms with van der Waals surface area (Å²) in [6, 6.07) is 6.54. The van der Waals surface area contributed by atoms with E-state index in [1.54, 1.807) is 48.3 Å². The van der Waals surface area contributed by atoms with Gasteiger partial charge in [-0.2, -0.15) is 10.1 Å². The van der Waals surface area contributed by atoms with E-state index in [4.69, 9.17) is 16.1 Å². The molecule has 0 fully saturated rings. The Kier molecular flexibility index (Phi) is 5.14. The van der Waals surface area contributed by atoms with Gasteiger partial charge in [0, 0.05) is 18.8 Å². The number of carbonyl (C=O) groups is 1. The van der Waals surface area contributed by atoms with Crippen LogP contribution in [0.1, 0.15) is 48.4 Å². The van der Waals surface area contributed by atoms with Crippen LogP contribution in [0.5, 0.6) is 0 Å². The number of rotatable bonds is 6. The van der Waals surface area contributed by atoms with E-state index in [1.165, 1.54) is 0 Å². The second-order valence-electron chi connectivity index (χ2n) is 5.61. The van der Waals surface area contributed by atoms with Crippen molar-refractivity contribution in [1.82, 2.24) is 25.2 Å². The smallest absolute Gasteiger partial charge is 0.253 e. The van der Waals surface area contributed by atoms with Gasteiger partial charge in [-0.05, 0) is 37.6 Å². The zero-order chi connectivity index (χ0) is 17.8. The molecule has 3 aromatic rings. The normalized spacial score (nSPS) is 12.1. The molecule has 0 unspecified atom stereocenters. The van der Waals surface area contributed by atoms with Crippen LogP contribution in [0.15, 0.2) is 41.2 Å². The van der Waals surface area contributed by atoms with Gasteiger partial charge in [0.05, 0.1) is 16.3 Å². The van der Waals surface area contributed by atoms with Crippen molar-refractivity contribution < 1.29 is 9.32 Å². The largest absolute Gasteiger partial charge is 0.340 e. The van der Waals surface area contributed by atoms with Crippen molar-refractivity contribution in [3.8, 4) is 5.69 Å². The Balaban J connectivity index is 1.77. The molecule has 2 aromatic heterocycles. The Labute approximate surface area is 150 Å². The molecule has 0 spiro atoms. The Bertz CT molecular complexity index is 860. The third-order valence-electron chi connectivity index (χ3n) is 3.64. The average Bonchev–Trinajstić information content (AvgIpc) is 3.27. The van der Waals surface area contributed by atoms with Crippen molar-refractivity contribution in [2.45, 2.75) is 32.7 Å². The standard InChI is InChI=1S/C17H18ClN5O2/c1-3-5-15-21-17(25-22-15)11(2)20-16(24)13-10-12(6-7-14(13)18)23-9-4-8-19-23/h4,6-11H,3,5H2,1-2H3,(H,20,24)/t11-/m0/s1. The molecule has 3 rings (SSSR count). The molecule has 0 radical (unpaired) electrons. The predicted octanol–water partition coefficient (Wildman–Crippen LogP) is 3.35. The van der Waals surface area contributed by atoms with E-state index < -0.39 is 6.04 Å². The number of nitrogens with one attached hydrogen (secondary N) is 1. The van der Waals surface area contributed by atoms with E-state index in [2.05, 4.69) is 20.6 Å². The third kappa shape index (κ3) is 3.88. The van der Waals surface area contributed by atoms with Crippen molar-refractivity contribution in [1.29, 1.82) is 0 Å². The molecule has 7 nitrogen and oxygen atoms in total. The summed E-state index contributed by atoms with van der Waals surface area (Å²) in [4.78, 5) is 16.9. The van der Waals surface area contributed by atoms with Crippen LogP contribution >= 0.6 is 11.6 Å². The summed E-state index contributed by atoms with van der Waals surface area (Å²) in [6.07, 6.45) is 5.12. The Morgan fingerprint density at radius 1 is 1.44 bits per heavy atom. The minimum absolute atomic E-state index is 0.318. The molecular weight excluding hydrogens is 342 g/mol. The lowest BCUT2D eigenvalue weighted by atomic mass is 10.1. The van der Waals surface area contributed by atoms with Gasteiger partial charge in [-0.15, -0.1) is 0 Å². The molecule has 8 heteroatoms. The maximum Gasteiger partial charge on any atom is 0.253 e. The molecule has 1 atom stereocenters. The van der Waals surface area contributed by atoms with E-state index in [0.29, 0.717) is 22.3 Å². The number of carbonyl (C=O) groups excluding carboxylic acids is 1. The highest BCUT2D eigenvalue weighted by molar-refractivity contribution is 6.33. The van der Waals surface area contributed by atoms with Crippen LogP contribution in [0.3, 0.4) is 0 Å². The molecular formula is C17H18ClN5O2. The third-order valence-corrected chi connectivity index (χ3v) is 3.97. The van der Waals surface area contributed by atoms with Crippen LogP contribution in [0, 0.1) is 0 Å². The van der Waals surface area contributed by atoms with Gasteiger partial charge in [-0.3, -0.25) is 4.79 Å². The van der Waals surface area contributed by atoms with Gasteiger partial charge in [0.2, 0.25) is 5.89 Å². The molecule has 0 saturated carbocycles.